The number of anilines is 1. The monoisotopic (exact) mass is 440 g/mol. The summed E-state index contributed by atoms with van der Waals surface area (Å²) in [6, 6.07) is 11.7. The predicted octanol–water partition coefficient (Wildman–Crippen LogP) is 2.07. The van der Waals surface area contributed by atoms with Crippen molar-refractivity contribution in [3.05, 3.63) is 47.5 Å². The largest absolute Gasteiger partial charge is 0.497 e. The van der Waals surface area contributed by atoms with Gasteiger partial charge in [0, 0.05) is 11.1 Å². The van der Waals surface area contributed by atoms with Gasteiger partial charge in [-0.25, -0.2) is 8.42 Å². The molecule has 0 aliphatic carbocycles. The first-order valence-corrected chi connectivity index (χ1v) is 11.0. The van der Waals surface area contributed by atoms with Crippen molar-refractivity contribution in [3.8, 4) is 17.2 Å². The summed E-state index contributed by atoms with van der Waals surface area (Å²) in [5.74, 6) is 1.12. The molecule has 3 rings (SSSR count). The van der Waals surface area contributed by atoms with Crippen LogP contribution in [-0.2, 0) is 14.8 Å². The Morgan fingerprint density at radius 2 is 2.03 bits per heavy atom. The van der Waals surface area contributed by atoms with E-state index in [4.69, 9.17) is 25.8 Å². The Hall–Kier alpha value is -2.65. The number of sulfonamides is 1. The molecule has 1 aliphatic heterocycles. The summed E-state index contributed by atoms with van der Waals surface area (Å²) in [6.07, 6.45) is 0.0789. The fraction of sp³-hybridized carbons (Fsp3) is 0.316. The Labute approximate surface area is 174 Å². The van der Waals surface area contributed by atoms with Crippen molar-refractivity contribution in [1.82, 2.24) is 5.32 Å². The van der Waals surface area contributed by atoms with Gasteiger partial charge in [0.15, 0.2) is 6.10 Å². The molecule has 0 spiro atoms. The number of hydrogen-bond acceptors (Lipinski definition) is 6. The number of amides is 1. The number of carbonyl (C=O) groups is 1. The van der Waals surface area contributed by atoms with Gasteiger partial charge < -0.3 is 19.5 Å². The van der Waals surface area contributed by atoms with Crippen LogP contribution in [0.1, 0.15) is 0 Å². The molecule has 156 valence electrons. The Morgan fingerprint density at radius 1 is 1.28 bits per heavy atom. The van der Waals surface area contributed by atoms with E-state index in [0.717, 1.165) is 10.6 Å². The number of carbonyl (C=O) groups excluding carboxylic acids is 1. The predicted molar refractivity (Wildman–Crippen MR) is 110 cm³/mol. The average Bonchev–Trinajstić information content (AvgIpc) is 2.69. The van der Waals surface area contributed by atoms with Gasteiger partial charge in [-0.2, -0.15) is 0 Å². The van der Waals surface area contributed by atoms with Crippen molar-refractivity contribution < 1.29 is 27.4 Å². The van der Waals surface area contributed by atoms with Crippen LogP contribution < -0.4 is 23.8 Å². The molecule has 0 bridgehead atoms. The SMILES string of the molecule is COc1cccc(OCCNC(=O)[C@@H]2CN(S(C)(=O)=O)c3cc(Cl)ccc3O2)c1. The van der Waals surface area contributed by atoms with E-state index in [1.165, 1.54) is 6.07 Å². The number of ether oxygens (including phenoxy) is 3. The van der Waals surface area contributed by atoms with Crippen LogP contribution in [0.3, 0.4) is 0 Å². The molecule has 0 saturated carbocycles. The Balaban J connectivity index is 1.60. The zero-order chi connectivity index (χ0) is 21.0. The molecule has 2 aromatic carbocycles. The van der Waals surface area contributed by atoms with Gasteiger partial charge in [-0.15, -0.1) is 0 Å². The standard InChI is InChI=1S/C19H21ClN2O6S/c1-26-14-4-3-5-15(11-14)27-9-8-21-19(23)18-12-22(29(2,24)25)16-10-13(20)6-7-17(16)28-18/h3-7,10-11,18H,8-9,12H2,1-2H3,(H,21,23)/t18-/m0/s1. The summed E-state index contributed by atoms with van der Waals surface area (Å²) in [4.78, 5) is 12.5. The Morgan fingerprint density at radius 3 is 2.76 bits per heavy atom. The third kappa shape index (κ3) is 5.24. The van der Waals surface area contributed by atoms with Gasteiger partial charge in [-0.05, 0) is 30.3 Å². The lowest BCUT2D eigenvalue weighted by molar-refractivity contribution is -0.127. The molecule has 2 aromatic rings. The zero-order valence-electron chi connectivity index (χ0n) is 15.9. The molecule has 0 radical (unpaired) electrons. The van der Waals surface area contributed by atoms with E-state index in [-0.39, 0.29) is 25.4 Å². The third-order valence-electron chi connectivity index (χ3n) is 4.19. The van der Waals surface area contributed by atoms with E-state index < -0.39 is 22.0 Å². The number of fused-ring (bicyclic) bond motifs is 1. The topological polar surface area (TPSA) is 94.2 Å². The van der Waals surface area contributed by atoms with Gasteiger partial charge in [0.2, 0.25) is 10.0 Å². The van der Waals surface area contributed by atoms with Crippen LogP contribution in [0.5, 0.6) is 17.2 Å². The van der Waals surface area contributed by atoms with Crippen molar-refractivity contribution in [3.63, 3.8) is 0 Å². The minimum absolute atomic E-state index is 0.144. The zero-order valence-corrected chi connectivity index (χ0v) is 17.5. The normalized spacial score (nSPS) is 15.8. The first-order valence-electron chi connectivity index (χ1n) is 8.76. The van der Waals surface area contributed by atoms with Gasteiger partial charge >= 0.3 is 0 Å². The maximum atomic E-state index is 12.5. The fourth-order valence-corrected chi connectivity index (χ4v) is 3.90. The van der Waals surface area contributed by atoms with E-state index in [9.17, 15) is 13.2 Å². The third-order valence-corrected chi connectivity index (χ3v) is 5.58. The van der Waals surface area contributed by atoms with Crippen LogP contribution in [-0.4, -0.2) is 53.5 Å². The number of hydrogen-bond donors (Lipinski definition) is 1. The van der Waals surface area contributed by atoms with Crippen molar-refractivity contribution in [2.24, 2.45) is 0 Å². The van der Waals surface area contributed by atoms with Crippen LogP contribution in [0, 0.1) is 0 Å². The van der Waals surface area contributed by atoms with Crippen LogP contribution >= 0.6 is 11.6 Å². The minimum atomic E-state index is -3.61. The Kier molecular flexibility index (Phi) is 6.39. The van der Waals surface area contributed by atoms with Crippen LogP contribution in [0.2, 0.25) is 5.02 Å². The van der Waals surface area contributed by atoms with Crippen molar-refractivity contribution in [2.45, 2.75) is 6.10 Å². The van der Waals surface area contributed by atoms with Gasteiger partial charge in [0.1, 0.15) is 23.9 Å². The summed E-state index contributed by atoms with van der Waals surface area (Å²) in [6.45, 7) is 0.310. The molecular formula is C19H21ClN2O6S. The summed E-state index contributed by atoms with van der Waals surface area (Å²) in [5, 5.41) is 3.07. The molecular weight excluding hydrogens is 420 g/mol. The number of methoxy groups -OCH3 is 1. The summed E-state index contributed by atoms with van der Waals surface area (Å²) >= 11 is 5.97. The van der Waals surface area contributed by atoms with E-state index in [1.54, 1.807) is 43.5 Å². The highest BCUT2D eigenvalue weighted by atomic mass is 35.5. The number of nitrogens with zero attached hydrogens (tertiary/aromatic N) is 1. The van der Waals surface area contributed by atoms with Gasteiger partial charge in [0.25, 0.3) is 5.91 Å². The number of benzene rings is 2. The summed E-state index contributed by atoms with van der Waals surface area (Å²) in [7, 11) is -2.05. The number of halogens is 1. The molecule has 10 heteroatoms. The summed E-state index contributed by atoms with van der Waals surface area (Å²) < 4.78 is 41.8. The lowest BCUT2D eigenvalue weighted by Gasteiger charge is -2.34. The first kappa shape index (κ1) is 21.1. The maximum Gasteiger partial charge on any atom is 0.263 e. The smallest absolute Gasteiger partial charge is 0.263 e. The molecule has 0 fully saturated rings. The fourth-order valence-electron chi connectivity index (χ4n) is 2.82. The second-order valence-electron chi connectivity index (χ2n) is 6.33. The van der Waals surface area contributed by atoms with Gasteiger partial charge in [0.05, 0.1) is 32.1 Å². The van der Waals surface area contributed by atoms with Gasteiger partial charge in [-0.3, -0.25) is 9.10 Å². The van der Waals surface area contributed by atoms with Crippen LogP contribution in [0.4, 0.5) is 5.69 Å². The molecule has 8 nitrogen and oxygen atoms in total. The highest BCUT2D eigenvalue weighted by Gasteiger charge is 2.35. The van der Waals surface area contributed by atoms with Crippen molar-refractivity contribution in [1.29, 1.82) is 0 Å². The van der Waals surface area contributed by atoms with Gasteiger partial charge in [-0.1, -0.05) is 17.7 Å². The van der Waals surface area contributed by atoms with Crippen LogP contribution in [0.25, 0.3) is 0 Å². The second kappa shape index (κ2) is 8.79. The van der Waals surface area contributed by atoms with Crippen LogP contribution in [0.15, 0.2) is 42.5 Å². The Bertz CT molecular complexity index is 998. The minimum Gasteiger partial charge on any atom is -0.497 e. The van der Waals surface area contributed by atoms with E-state index in [2.05, 4.69) is 5.32 Å². The van der Waals surface area contributed by atoms with E-state index in [0.29, 0.717) is 22.2 Å². The second-order valence-corrected chi connectivity index (χ2v) is 8.67. The van der Waals surface area contributed by atoms with E-state index in [1.807, 2.05) is 0 Å². The molecule has 0 aromatic heterocycles. The molecule has 0 unspecified atom stereocenters. The lowest BCUT2D eigenvalue weighted by Crippen LogP contribution is -2.51. The molecule has 1 amide bonds. The molecule has 1 atom stereocenters. The molecule has 0 saturated heterocycles. The summed E-state index contributed by atoms with van der Waals surface area (Å²) in [5.41, 5.74) is 0.311. The quantitative estimate of drug-likeness (QED) is 0.662. The highest BCUT2D eigenvalue weighted by molar-refractivity contribution is 7.92. The highest BCUT2D eigenvalue weighted by Crippen LogP contribution is 2.37. The molecule has 29 heavy (non-hydrogen) atoms. The maximum absolute atomic E-state index is 12.5. The molecule has 1 N–H and O–H groups in total. The molecule has 1 heterocycles. The average molecular weight is 441 g/mol. The number of nitrogens with one attached hydrogen (secondary N) is 1. The number of rotatable bonds is 7. The van der Waals surface area contributed by atoms with Crippen molar-refractivity contribution >= 4 is 33.2 Å². The van der Waals surface area contributed by atoms with E-state index >= 15 is 0 Å². The van der Waals surface area contributed by atoms with Crippen molar-refractivity contribution in [2.75, 3.05) is 37.4 Å². The first-order chi connectivity index (χ1) is 13.8. The lowest BCUT2D eigenvalue weighted by atomic mass is 10.2. The molecule has 1 aliphatic rings.